The number of aliphatic carboxylic acids is 2. The monoisotopic (exact) mass is 616 g/mol. The number of hydrogen-bond donors (Lipinski definition) is 2. The van der Waals surface area contributed by atoms with Crippen LogP contribution in [0.4, 0.5) is 8.78 Å². The molecule has 8 heteroatoms. The molecule has 45 heavy (non-hydrogen) atoms. The minimum absolute atomic E-state index is 0.00886. The van der Waals surface area contributed by atoms with Gasteiger partial charge in [0.15, 0.2) is 0 Å². The molecule has 4 aromatic rings. The van der Waals surface area contributed by atoms with E-state index in [2.05, 4.69) is 0 Å². The van der Waals surface area contributed by atoms with E-state index in [1.165, 1.54) is 24.3 Å². The fourth-order valence-electron chi connectivity index (χ4n) is 5.16. The van der Waals surface area contributed by atoms with Crippen LogP contribution in [0.15, 0.2) is 84.9 Å². The van der Waals surface area contributed by atoms with Gasteiger partial charge in [0.05, 0.1) is 13.2 Å². The molecule has 0 unspecified atom stereocenters. The Hall–Kier alpha value is -4.72. The van der Waals surface area contributed by atoms with Crippen LogP contribution in [0.25, 0.3) is 22.3 Å². The summed E-state index contributed by atoms with van der Waals surface area (Å²) < 4.78 is 39.0. The maximum Gasteiger partial charge on any atom is 0.303 e. The van der Waals surface area contributed by atoms with Crippen LogP contribution in [0, 0.1) is 11.6 Å². The largest absolute Gasteiger partial charge is 0.494 e. The highest BCUT2D eigenvalue weighted by molar-refractivity contribution is 5.75. The van der Waals surface area contributed by atoms with Crippen molar-refractivity contribution < 1.29 is 38.1 Å². The fraction of sp³-hybridized carbons (Fsp3) is 0.297. The van der Waals surface area contributed by atoms with Crippen molar-refractivity contribution in [2.24, 2.45) is 0 Å². The number of unbranched alkanes of at least 4 members (excludes halogenated alkanes) is 3. The zero-order valence-corrected chi connectivity index (χ0v) is 25.1. The smallest absolute Gasteiger partial charge is 0.303 e. The Kier molecular flexibility index (Phi) is 12.5. The van der Waals surface area contributed by atoms with E-state index in [-0.39, 0.29) is 31.1 Å². The molecule has 4 aromatic carbocycles. The lowest BCUT2D eigenvalue weighted by atomic mass is 9.97. The number of benzene rings is 4. The molecular weight excluding hydrogens is 578 g/mol. The van der Waals surface area contributed by atoms with E-state index in [1.807, 2.05) is 36.4 Å². The molecule has 0 radical (unpaired) electrons. The number of ether oxygens (including phenoxy) is 2. The predicted molar refractivity (Wildman–Crippen MR) is 170 cm³/mol. The summed E-state index contributed by atoms with van der Waals surface area (Å²) in [6, 6.07) is 24.1. The van der Waals surface area contributed by atoms with E-state index in [0.29, 0.717) is 30.9 Å². The molecule has 0 spiro atoms. The minimum atomic E-state index is -0.880. The number of aryl methyl sites for hydroxylation is 1. The zero-order chi connectivity index (χ0) is 32.0. The average molecular weight is 617 g/mol. The van der Waals surface area contributed by atoms with Crippen LogP contribution in [0.5, 0.6) is 11.5 Å². The molecule has 2 N–H and O–H groups in total. The highest BCUT2D eigenvalue weighted by atomic mass is 19.1. The first kappa shape index (κ1) is 33.2. The molecule has 0 heterocycles. The van der Waals surface area contributed by atoms with E-state index in [1.54, 1.807) is 24.3 Å². The molecule has 0 amide bonds. The lowest BCUT2D eigenvalue weighted by molar-refractivity contribution is -0.138. The number of hydrogen-bond acceptors (Lipinski definition) is 4. The predicted octanol–water partition coefficient (Wildman–Crippen LogP) is 8.74. The summed E-state index contributed by atoms with van der Waals surface area (Å²) in [6.07, 6.45) is 5.17. The van der Waals surface area contributed by atoms with Crippen LogP contribution < -0.4 is 9.47 Å². The molecule has 6 nitrogen and oxygen atoms in total. The Balaban J connectivity index is 1.32. The maximum absolute atomic E-state index is 13.5. The standard InChI is InChI=1S/C37H38F2O6/c38-31-15-11-26(12-16-31)29-23-30(27-13-17-32(39)18-14-27)25-33(24-29)44-21-4-2-1-3-7-28-8-5-9-35(34(28)19-20-37(42)43)45-22-6-10-36(40)41/h5,8-9,11-18,23-25H,1-4,6-7,10,19-22H2,(H,40,41)(H,42,43). The van der Waals surface area contributed by atoms with Crippen LogP contribution in [0.3, 0.4) is 0 Å². The van der Waals surface area contributed by atoms with Crippen molar-refractivity contribution in [3.05, 3.63) is 108 Å². The molecule has 0 atom stereocenters. The summed E-state index contributed by atoms with van der Waals surface area (Å²) in [6.45, 7) is 0.771. The molecular formula is C37H38F2O6. The summed E-state index contributed by atoms with van der Waals surface area (Å²) in [5, 5.41) is 18.1. The van der Waals surface area contributed by atoms with Crippen LogP contribution in [-0.4, -0.2) is 35.4 Å². The zero-order valence-electron chi connectivity index (χ0n) is 25.1. The molecule has 0 aliphatic carbocycles. The molecule has 0 fully saturated rings. The quantitative estimate of drug-likeness (QED) is 0.109. The molecule has 0 aromatic heterocycles. The van der Waals surface area contributed by atoms with Gasteiger partial charge in [0.25, 0.3) is 0 Å². The fourth-order valence-corrected chi connectivity index (χ4v) is 5.16. The van der Waals surface area contributed by atoms with E-state index >= 15 is 0 Å². The summed E-state index contributed by atoms with van der Waals surface area (Å²) in [5.41, 5.74) is 5.37. The first-order valence-electron chi connectivity index (χ1n) is 15.3. The Morgan fingerprint density at radius 2 is 1.16 bits per heavy atom. The van der Waals surface area contributed by atoms with Crippen molar-refractivity contribution in [1.82, 2.24) is 0 Å². The Morgan fingerprint density at radius 3 is 1.76 bits per heavy atom. The molecule has 236 valence electrons. The van der Waals surface area contributed by atoms with Crippen LogP contribution in [-0.2, 0) is 22.4 Å². The summed E-state index contributed by atoms with van der Waals surface area (Å²) in [7, 11) is 0. The van der Waals surface area contributed by atoms with E-state index < -0.39 is 11.9 Å². The van der Waals surface area contributed by atoms with Gasteiger partial charge in [-0.3, -0.25) is 9.59 Å². The molecule has 0 aliphatic heterocycles. The number of carboxylic acids is 2. The van der Waals surface area contributed by atoms with Crippen molar-refractivity contribution >= 4 is 11.9 Å². The second-order valence-electron chi connectivity index (χ2n) is 10.9. The SMILES string of the molecule is O=C(O)CCCOc1cccc(CCCCCCOc2cc(-c3ccc(F)cc3)cc(-c3ccc(F)cc3)c2)c1CCC(=O)O. The Labute approximate surface area is 262 Å². The van der Waals surface area contributed by atoms with Gasteiger partial charge in [0.2, 0.25) is 0 Å². The Morgan fingerprint density at radius 1 is 0.578 bits per heavy atom. The van der Waals surface area contributed by atoms with Gasteiger partial charge in [-0.2, -0.15) is 0 Å². The summed E-state index contributed by atoms with van der Waals surface area (Å²) in [4.78, 5) is 22.1. The van der Waals surface area contributed by atoms with Gasteiger partial charge in [-0.25, -0.2) is 8.78 Å². The number of carboxylic acid groups (broad SMARTS) is 2. The third-order valence-corrected chi connectivity index (χ3v) is 7.48. The highest BCUT2D eigenvalue weighted by Crippen LogP contribution is 2.32. The van der Waals surface area contributed by atoms with E-state index in [9.17, 15) is 23.5 Å². The minimum Gasteiger partial charge on any atom is -0.494 e. The maximum atomic E-state index is 13.5. The van der Waals surface area contributed by atoms with Crippen LogP contribution >= 0.6 is 0 Å². The molecule has 4 rings (SSSR count). The van der Waals surface area contributed by atoms with Crippen molar-refractivity contribution in [2.45, 2.75) is 57.8 Å². The Bertz CT molecular complexity index is 1490. The molecule has 0 bridgehead atoms. The van der Waals surface area contributed by atoms with Crippen molar-refractivity contribution in [3.63, 3.8) is 0 Å². The highest BCUT2D eigenvalue weighted by Gasteiger charge is 2.12. The number of rotatable bonds is 18. The normalized spacial score (nSPS) is 10.9. The van der Waals surface area contributed by atoms with Crippen molar-refractivity contribution in [3.8, 4) is 33.8 Å². The third-order valence-electron chi connectivity index (χ3n) is 7.48. The van der Waals surface area contributed by atoms with Gasteiger partial charge in [-0.1, -0.05) is 49.2 Å². The topological polar surface area (TPSA) is 93.1 Å². The molecule has 0 aliphatic rings. The van der Waals surface area contributed by atoms with E-state index in [0.717, 1.165) is 65.5 Å². The lowest BCUT2D eigenvalue weighted by Crippen LogP contribution is -2.07. The van der Waals surface area contributed by atoms with Gasteiger partial charge in [-0.15, -0.1) is 0 Å². The van der Waals surface area contributed by atoms with Gasteiger partial charge >= 0.3 is 11.9 Å². The summed E-state index contributed by atoms with van der Waals surface area (Å²) >= 11 is 0. The second-order valence-corrected chi connectivity index (χ2v) is 10.9. The average Bonchev–Trinajstić information content (AvgIpc) is 3.02. The molecule has 0 saturated carbocycles. The molecule has 0 saturated heterocycles. The summed E-state index contributed by atoms with van der Waals surface area (Å²) in [5.74, 6) is -1.08. The van der Waals surface area contributed by atoms with E-state index in [4.69, 9.17) is 14.6 Å². The van der Waals surface area contributed by atoms with Crippen LogP contribution in [0.2, 0.25) is 0 Å². The van der Waals surface area contributed by atoms with Crippen molar-refractivity contribution in [2.75, 3.05) is 13.2 Å². The lowest BCUT2D eigenvalue weighted by Gasteiger charge is -2.15. The van der Waals surface area contributed by atoms with Crippen LogP contribution in [0.1, 0.15) is 56.1 Å². The second kappa shape index (κ2) is 16.9. The first-order valence-corrected chi connectivity index (χ1v) is 15.3. The van der Waals surface area contributed by atoms with Gasteiger partial charge in [0, 0.05) is 12.8 Å². The van der Waals surface area contributed by atoms with Crippen molar-refractivity contribution in [1.29, 1.82) is 0 Å². The first-order chi connectivity index (χ1) is 21.8. The third kappa shape index (κ3) is 10.7. The number of carbonyl (C=O) groups is 2. The van der Waals surface area contributed by atoms with Gasteiger partial charge < -0.3 is 19.7 Å². The van der Waals surface area contributed by atoms with Gasteiger partial charge in [-0.05, 0) is 114 Å². The number of halogens is 2. The van der Waals surface area contributed by atoms with Gasteiger partial charge in [0.1, 0.15) is 23.1 Å².